The molecule has 3 nitrogen and oxygen atoms in total. The summed E-state index contributed by atoms with van der Waals surface area (Å²) in [5, 5.41) is 0. The third-order valence-corrected chi connectivity index (χ3v) is 4.39. The highest BCUT2D eigenvalue weighted by Gasteiger charge is 2.38. The van der Waals surface area contributed by atoms with Crippen LogP contribution in [0.25, 0.3) is 0 Å². The van der Waals surface area contributed by atoms with E-state index < -0.39 is 0 Å². The Bertz CT molecular complexity index is 697. The van der Waals surface area contributed by atoms with Crippen molar-refractivity contribution in [2.75, 3.05) is 4.90 Å². The largest absolute Gasteiger partial charge is 0.268 e. The van der Waals surface area contributed by atoms with E-state index >= 15 is 0 Å². The predicted molar refractivity (Wildman–Crippen MR) is 84.2 cm³/mol. The molecule has 100 valence electrons. The standard InChI is InChI=1S/C15H9Br2NO2/c1-8-6-11(16)13(12(17)7-8)18-14(19)9-4-2-3-5-10(9)15(18)20/h2-7H,1H3. The van der Waals surface area contributed by atoms with E-state index in [0.29, 0.717) is 25.8 Å². The van der Waals surface area contributed by atoms with Gasteiger partial charge in [0, 0.05) is 8.95 Å². The second kappa shape index (κ2) is 4.82. The lowest BCUT2D eigenvalue weighted by Gasteiger charge is -2.18. The van der Waals surface area contributed by atoms with Crippen LogP contribution in [0.5, 0.6) is 0 Å². The number of hydrogen-bond donors (Lipinski definition) is 0. The maximum absolute atomic E-state index is 12.5. The van der Waals surface area contributed by atoms with E-state index in [9.17, 15) is 9.59 Å². The summed E-state index contributed by atoms with van der Waals surface area (Å²) in [6.45, 7) is 1.95. The van der Waals surface area contributed by atoms with Gasteiger partial charge in [0.1, 0.15) is 0 Å². The van der Waals surface area contributed by atoms with Gasteiger partial charge in [-0.1, -0.05) is 12.1 Å². The Morgan fingerprint density at radius 2 is 1.35 bits per heavy atom. The average molecular weight is 395 g/mol. The summed E-state index contributed by atoms with van der Waals surface area (Å²) in [4.78, 5) is 26.1. The average Bonchev–Trinajstić information content (AvgIpc) is 2.64. The van der Waals surface area contributed by atoms with Crippen molar-refractivity contribution >= 4 is 49.4 Å². The lowest BCUT2D eigenvalue weighted by Crippen LogP contribution is -2.30. The molecule has 0 saturated heterocycles. The second-order valence-corrected chi connectivity index (χ2v) is 6.28. The number of carbonyl (C=O) groups excluding carboxylic acids is 2. The van der Waals surface area contributed by atoms with E-state index in [1.54, 1.807) is 24.3 Å². The van der Waals surface area contributed by atoms with E-state index in [4.69, 9.17) is 0 Å². The minimum atomic E-state index is -0.296. The molecule has 0 spiro atoms. The lowest BCUT2D eigenvalue weighted by molar-refractivity contribution is 0.0926. The number of carbonyl (C=O) groups is 2. The van der Waals surface area contributed by atoms with Crippen molar-refractivity contribution in [3.63, 3.8) is 0 Å². The number of hydrogen-bond acceptors (Lipinski definition) is 2. The SMILES string of the molecule is Cc1cc(Br)c(N2C(=O)c3ccccc3C2=O)c(Br)c1. The summed E-state index contributed by atoms with van der Waals surface area (Å²) < 4.78 is 1.41. The third kappa shape index (κ3) is 1.93. The van der Waals surface area contributed by atoms with E-state index in [2.05, 4.69) is 31.9 Å². The van der Waals surface area contributed by atoms with Gasteiger partial charge in [-0.2, -0.15) is 0 Å². The summed E-state index contributed by atoms with van der Waals surface area (Å²) in [6, 6.07) is 10.6. The van der Waals surface area contributed by atoms with Crippen molar-refractivity contribution in [1.29, 1.82) is 0 Å². The van der Waals surface area contributed by atoms with Gasteiger partial charge in [0.25, 0.3) is 11.8 Å². The zero-order valence-electron chi connectivity index (χ0n) is 10.5. The molecule has 2 amide bonds. The van der Waals surface area contributed by atoms with Crippen molar-refractivity contribution in [1.82, 2.24) is 0 Å². The third-order valence-electron chi connectivity index (χ3n) is 3.18. The molecule has 5 heteroatoms. The molecule has 1 aliphatic rings. The van der Waals surface area contributed by atoms with Gasteiger partial charge in [-0.25, -0.2) is 4.90 Å². The molecule has 0 N–H and O–H groups in total. The van der Waals surface area contributed by atoms with Gasteiger partial charge < -0.3 is 0 Å². The summed E-state index contributed by atoms with van der Waals surface area (Å²) in [7, 11) is 0. The molecule has 20 heavy (non-hydrogen) atoms. The highest BCUT2D eigenvalue weighted by atomic mass is 79.9. The van der Waals surface area contributed by atoms with E-state index in [0.717, 1.165) is 5.56 Å². The van der Waals surface area contributed by atoms with Crippen molar-refractivity contribution in [2.24, 2.45) is 0 Å². The Balaban J connectivity index is 2.19. The molecule has 0 saturated carbocycles. The fourth-order valence-corrected chi connectivity index (χ4v) is 4.07. The number of aryl methyl sites for hydroxylation is 1. The Hall–Kier alpha value is -1.46. The molecule has 0 fully saturated rings. The first-order valence-electron chi connectivity index (χ1n) is 5.94. The van der Waals surface area contributed by atoms with Crippen molar-refractivity contribution in [3.8, 4) is 0 Å². The Kier molecular flexibility index (Phi) is 3.26. The highest BCUT2D eigenvalue weighted by molar-refractivity contribution is 9.11. The molecular formula is C15H9Br2NO2. The highest BCUT2D eigenvalue weighted by Crippen LogP contribution is 2.39. The van der Waals surface area contributed by atoms with Crippen LogP contribution in [0.2, 0.25) is 0 Å². The van der Waals surface area contributed by atoms with Crippen LogP contribution in [0.1, 0.15) is 26.3 Å². The second-order valence-electron chi connectivity index (χ2n) is 4.57. The van der Waals surface area contributed by atoms with Crippen LogP contribution in [0.4, 0.5) is 5.69 Å². The molecule has 0 aliphatic carbocycles. The van der Waals surface area contributed by atoms with Crippen molar-refractivity contribution < 1.29 is 9.59 Å². The predicted octanol–water partition coefficient (Wildman–Crippen LogP) is 4.32. The van der Waals surface area contributed by atoms with E-state index in [1.165, 1.54) is 4.90 Å². The Morgan fingerprint density at radius 1 is 0.900 bits per heavy atom. The first kappa shape index (κ1) is 13.5. The molecule has 3 rings (SSSR count). The number of anilines is 1. The molecule has 0 aromatic heterocycles. The Labute approximate surface area is 132 Å². The minimum Gasteiger partial charge on any atom is -0.268 e. The number of benzene rings is 2. The van der Waals surface area contributed by atoms with Crippen molar-refractivity contribution in [2.45, 2.75) is 6.92 Å². The topological polar surface area (TPSA) is 37.4 Å². The summed E-state index contributed by atoms with van der Waals surface area (Å²) in [5.41, 5.74) is 2.46. The summed E-state index contributed by atoms with van der Waals surface area (Å²) in [6.07, 6.45) is 0. The molecule has 1 aliphatic heterocycles. The summed E-state index contributed by atoms with van der Waals surface area (Å²) >= 11 is 6.86. The molecule has 0 radical (unpaired) electrons. The lowest BCUT2D eigenvalue weighted by atomic mass is 10.1. The maximum Gasteiger partial charge on any atom is 0.266 e. The fraction of sp³-hybridized carbons (Fsp3) is 0.0667. The van der Waals surface area contributed by atoms with Crippen LogP contribution in [0.15, 0.2) is 45.3 Å². The van der Waals surface area contributed by atoms with Crippen LogP contribution in [-0.4, -0.2) is 11.8 Å². The molecule has 2 aromatic carbocycles. The number of rotatable bonds is 1. The van der Waals surface area contributed by atoms with Gasteiger partial charge in [0.2, 0.25) is 0 Å². The molecule has 2 aromatic rings. The zero-order chi connectivity index (χ0) is 14.4. The van der Waals surface area contributed by atoms with Crippen LogP contribution in [0, 0.1) is 6.92 Å². The van der Waals surface area contributed by atoms with Crippen LogP contribution in [0.3, 0.4) is 0 Å². The fourth-order valence-electron chi connectivity index (χ4n) is 2.30. The molecule has 0 unspecified atom stereocenters. The van der Waals surface area contributed by atoms with E-state index in [1.807, 2.05) is 19.1 Å². The number of amides is 2. The molecule has 0 atom stereocenters. The van der Waals surface area contributed by atoms with E-state index in [-0.39, 0.29) is 11.8 Å². The molecular weight excluding hydrogens is 386 g/mol. The van der Waals surface area contributed by atoms with Crippen molar-refractivity contribution in [3.05, 3.63) is 62.0 Å². The normalized spacial score (nSPS) is 13.8. The first-order chi connectivity index (χ1) is 9.50. The van der Waals surface area contributed by atoms with Gasteiger partial charge in [-0.05, 0) is 68.6 Å². The van der Waals surface area contributed by atoms with Crippen LogP contribution in [-0.2, 0) is 0 Å². The van der Waals surface area contributed by atoms with Gasteiger partial charge in [0.15, 0.2) is 0 Å². The quantitative estimate of drug-likeness (QED) is 0.675. The zero-order valence-corrected chi connectivity index (χ0v) is 13.7. The van der Waals surface area contributed by atoms with Crippen LogP contribution < -0.4 is 4.90 Å². The van der Waals surface area contributed by atoms with Crippen LogP contribution >= 0.6 is 31.9 Å². The number of fused-ring (bicyclic) bond motifs is 1. The van der Waals surface area contributed by atoms with Gasteiger partial charge in [0.05, 0.1) is 16.8 Å². The van der Waals surface area contributed by atoms with Gasteiger partial charge in [-0.3, -0.25) is 9.59 Å². The van der Waals surface area contributed by atoms with Gasteiger partial charge >= 0.3 is 0 Å². The van der Waals surface area contributed by atoms with Gasteiger partial charge in [-0.15, -0.1) is 0 Å². The minimum absolute atomic E-state index is 0.296. The maximum atomic E-state index is 12.5. The molecule has 1 heterocycles. The Morgan fingerprint density at radius 3 is 1.80 bits per heavy atom. The monoisotopic (exact) mass is 393 g/mol. The molecule has 0 bridgehead atoms. The summed E-state index contributed by atoms with van der Waals surface area (Å²) in [5.74, 6) is -0.591. The number of halogens is 2. The number of imide groups is 1. The smallest absolute Gasteiger partial charge is 0.266 e. The first-order valence-corrected chi connectivity index (χ1v) is 7.53. The number of nitrogens with zero attached hydrogens (tertiary/aromatic N) is 1.